The second kappa shape index (κ2) is 7.68. The second-order valence-electron chi connectivity index (χ2n) is 7.13. The quantitative estimate of drug-likeness (QED) is 0.714. The van der Waals surface area contributed by atoms with E-state index in [-0.39, 0.29) is 16.8 Å². The monoisotopic (exact) mass is 392 g/mol. The molecule has 0 unspecified atom stereocenters. The zero-order valence-electron chi connectivity index (χ0n) is 15.5. The first kappa shape index (κ1) is 20.3. The molecule has 2 amide bonds. The highest BCUT2D eigenvalue weighted by Crippen LogP contribution is 2.25. The Morgan fingerprint density at radius 1 is 1.00 bits per heavy atom. The van der Waals surface area contributed by atoms with Crippen LogP contribution in [0, 0.1) is 13.8 Å². The van der Waals surface area contributed by atoms with E-state index in [9.17, 15) is 9.59 Å². The fourth-order valence-electron chi connectivity index (χ4n) is 2.44. The Kier molecular flexibility index (Phi) is 5.99. The van der Waals surface area contributed by atoms with E-state index in [4.69, 9.17) is 23.2 Å². The molecule has 1 N–H and O–H groups in total. The Hall–Kier alpha value is -2.04. The summed E-state index contributed by atoms with van der Waals surface area (Å²) in [5, 5.41) is 1.97. The molecular weight excluding hydrogens is 371 g/mol. The van der Waals surface area contributed by atoms with Crippen LogP contribution in [0.1, 0.15) is 52.6 Å². The number of hydrogen-bond donors (Lipinski definition) is 1. The highest BCUT2D eigenvalue weighted by molar-refractivity contribution is 6.42. The number of rotatable bonds is 2. The number of hydrogen-bond acceptors (Lipinski definition) is 2. The number of halogens is 2. The minimum Gasteiger partial charge on any atom is -0.267 e. The third-order valence-corrected chi connectivity index (χ3v) is 4.84. The summed E-state index contributed by atoms with van der Waals surface area (Å²) in [6.45, 7) is 9.34. The Morgan fingerprint density at radius 3 is 2.23 bits per heavy atom. The highest BCUT2D eigenvalue weighted by Gasteiger charge is 2.30. The molecule has 0 spiro atoms. The molecule has 26 heavy (non-hydrogen) atoms. The van der Waals surface area contributed by atoms with Gasteiger partial charge >= 0.3 is 0 Å². The minimum atomic E-state index is -0.642. The summed E-state index contributed by atoms with van der Waals surface area (Å²) in [6.07, 6.45) is 0. The fraction of sp³-hybridized carbons (Fsp3) is 0.300. The lowest BCUT2D eigenvalue weighted by atomic mass is 10.0. The standard InChI is InChI=1S/C20H22Cl2N2O2/c1-12-7-6-8-15(13(12)2)18(25)23-24(20(3,4)5)19(26)14-9-10-16(21)17(22)11-14/h6-11H,1-5H3,(H,23,25). The van der Waals surface area contributed by atoms with Crippen molar-refractivity contribution in [1.29, 1.82) is 0 Å². The lowest BCUT2D eigenvalue weighted by molar-refractivity contribution is 0.0358. The lowest BCUT2D eigenvalue weighted by Crippen LogP contribution is -2.56. The molecule has 0 aliphatic rings. The van der Waals surface area contributed by atoms with Gasteiger partial charge < -0.3 is 0 Å². The number of nitrogens with one attached hydrogen (secondary N) is 1. The summed E-state index contributed by atoms with van der Waals surface area (Å²) in [5.41, 5.74) is 4.86. The summed E-state index contributed by atoms with van der Waals surface area (Å²) in [7, 11) is 0. The van der Waals surface area contributed by atoms with E-state index >= 15 is 0 Å². The zero-order chi connectivity index (χ0) is 19.6. The van der Waals surface area contributed by atoms with Gasteiger partial charge in [0, 0.05) is 11.1 Å². The largest absolute Gasteiger partial charge is 0.272 e. The van der Waals surface area contributed by atoms with Crippen molar-refractivity contribution in [2.45, 2.75) is 40.2 Å². The zero-order valence-corrected chi connectivity index (χ0v) is 17.0. The van der Waals surface area contributed by atoms with Crippen molar-refractivity contribution in [3.63, 3.8) is 0 Å². The van der Waals surface area contributed by atoms with Crippen LogP contribution in [-0.4, -0.2) is 22.4 Å². The van der Waals surface area contributed by atoms with Crippen LogP contribution in [0.5, 0.6) is 0 Å². The Balaban J connectivity index is 2.36. The maximum absolute atomic E-state index is 13.0. The smallest absolute Gasteiger partial charge is 0.267 e. The summed E-state index contributed by atoms with van der Waals surface area (Å²) < 4.78 is 0. The molecular formula is C20H22Cl2N2O2. The molecule has 0 atom stereocenters. The molecule has 0 fully saturated rings. The molecule has 6 heteroatoms. The van der Waals surface area contributed by atoms with Gasteiger partial charge in [0.05, 0.1) is 15.6 Å². The van der Waals surface area contributed by atoms with Gasteiger partial charge in [-0.2, -0.15) is 0 Å². The van der Waals surface area contributed by atoms with Gasteiger partial charge in [-0.15, -0.1) is 0 Å². The van der Waals surface area contributed by atoms with Crippen molar-refractivity contribution < 1.29 is 9.59 Å². The molecule has 0 saturated heterocycles. The van der Waals surface area contributed by atoms with Crippen molar-refractivity contribution in [2.75, 3.05) is 0 Å². The van der Waals surface area contributed by atoms with Gasteiger partial charge in [-0.05, 0) is 70.0 Å². The number of hydrazine groups is 1. The van der Waals surface area contributed by atoms with Gasteiger partial charge in [0.25, 0.3) is 11.8 Å². The van der Waals surface area contributed by atoms with Crippen LogP contribution >= 0.6 is 23.2 Å². The van der Waals surface area contributed by atoms with Gasteiger partial charge in [-0.25, -0.2) is 5.01 Å². The molecule has 0 radical (unpaired) electrons. The van der Waals surface area contributed by atoms with Crippen LogP contribution in [0.3, 0.4) is 0 Å². The van der Waals surface area contributed by atoms with Gasteiger partial charge in [0.15, 0.2) is 0 Å². The highest BCUT2D eigenvalue weighted by atomic mass is 35.5. The fourth-order valence-corrected chi connectivity index (χ4v) is 2.74. The molecule has 4 nitrogen and oxygen atoms in total. The molecule has 2 aromatic rings. The molecule has 138 valence electrons. The van der Waals surface area contributed by atoms with Crippen LogP contribution in [0.4, 0.5) is 0 Å². The van der Waals surface area contributed by atoms with Crippen molar-refractivity contribution in [2.24, 2.45) is 0 Å². The Bertz CT molecular complexity index is 857. The normalized spacial score (nSPS) is 11.2. The molecule has 0 heterocycles. The van der Waals surface area contributed by atoms with E-state index in [2.05, 4.69) is 5.43 Å². The van der Waals surface area contributed by atoms with Gasteiger partial charge in [0.1, 0.15) is 0 Å². The SMILES string of the molecule is Cc1cccc(C(=O)NN(C(=O)c2ccc(Cl)c(Cl)c2)C(C)(C)C)c1C. The van der Waals surface area contributed by atoms with Gasteiger partial charge in [0.2, 0.25) is 0 Å². The van der Waals surface area contributed by atoms with Crippen LogP contribution < -0.4 is 5.43 Å². The average molecular weight is 393 g/mol. The number of nitrogens with zero attached hydrogens (tertiary/aromatic N) is 1. The average Bonchev–Trinajstić information content (AvgIpc) is 2.55. The molecule has 0 aliphatic heterocycles. The van der Waals surface area contributed by atoms with Crippen molar-refractivity contribution in [3.05, 3.63) is 68.7 Å². The maximum atomic E-state index is 13.0. The van der Waals surface area contributed by atoms with Crippen molar-refractivity contribution >= 4 is 35.0 Å². The van der Waals surface area contributed by atoms with Crippen molar-refractivity contribution in [1.82, 2.24) is 10.4 Å². The predicted octanol–water partition coefficient (Wildman–Crippen LogP) is 5.20. The molecule has 0 bridgehead atoms. The van der Waals surface area contributed by atoms with E-state index in [0.717, 1.165) is 11.1 Å². The summed E-state index contributed by atoms with van der Waals surface area (Å²) in [6, 6.07) is 10.1. The van der Waals surface area contributed by atoms with Crippen LogP contribution in [0.2, 0.25) is 10.0 Å². The molecule has 0 aliphatic carbocycles. The second-order valence-corrected chi connectivity index (χ2v) is 7.94. The number of carbonyl (C=O) groups excluding carboxylic acids is 2. The van der Waals surface area contributed by atoms with E-state index in [1.165, 1.54) is 11.1 Å². The van der Waals surface area contributed by atoms with E-state index in [1.54, 1.807) is 18.2 Å². The Morgan fingerprint density at radius 2 is 1.65 bits per heavy atom. The topological polar surface area (TPSA) is 49.4 Å². The first-order valence-corrected chi connectivity index (χ1v) is 8.95. The summed E-state index contributed by atoms with van der Waals surface area (Å²) in [5.74, 6) is -0.704. The lowest BCUT2D eigenvalue weighted by Gasteiger charge is -2.35. The van der Waals surface area contributed by atoms with Crippen LogP contribution in [0.15, 0.2) is 36.4 Å². The van der Waals surface area contributed by atoms with E-state index in [1.807, 2.05) is 46.8 Å². The van der Waals surface area contributed by atoms with Gasteiger partial charge in [-0.3, -0.25) is 15.0 Å². The van der Waals surface area contributed by atoms with E-state index < -0.39 is 5.54 Å². The third-order valence-electron chi connectivity index (χ3n) is 4.10. The number of benzene rings is 2. The molecule has 0 saturated carbocycles. The summed E-state index contributed by atoms with van der Waals surface area (Å²) in [4.78, 5) is 25.8. The van der Waals surface area contributed by atoms with Crippen LogP contribution in [-0.2, 0) is 0 Å². The molecule has 2 rings (SSSR count). The predicted molar refractivity (Wildman–Crippen MR) is 106 cm³/mol. The number of amides is 2. The first-order chi connectivity index (χ1) is 12.0. The minimum absolute atomic E-state index is 0.284. The van der Waals surface area contributed by atoms with Gasteiger partial charge in [-0.1, -0.05) is 35.3 Å². The number of aryl methyl sites for hydroxylation is 1. The van der Waals surface area contributed by atoms with Crippen molar-refractivity contribution in [3.8, 4) is 0 Å². The maximum Gasteiger partial charge on any atom is 0.272 e. The first-order valence-electron chi connectivity index (χ1n) is 8.19. The molecule has 0 aromatic heterocycles. The van der Waals surface area contributed by atoms with Crippen LogP contribution in [0.25, 0.3) is 0 Å². The summed E-state index contributed by atoms with van der Waals surface area (Å²) >= 11 is 12.0. The third kappa shape index (κ3) is 4.37. The molecule has 2 aromatic carbocycles. The van der Waals surface area contributed by atoms with E-state index in [0.29, 0.717) is 16.1 Å². The number of carbonyl (C=O) groups is 2. The Labute approximate surface area is 164 Å².